The average Bonchev–Trinajstić information content (AvgIpc) is 3.52. The number of fused-ring (bicyclic) bond motifs is 2. The maximum atomic E-state index is 12.5. The van der Waals surface area contributed by atoms with Crippen molar-refractivity contribution in [1.29, 1.82) is 0 Å². The number of H-pyrrole nitrogens is 2. The molecule has 0 atom stereocenters. The lowest BCUT2D eigenvalue weighted by Gasteiger charge is -2.34. The van der Waals surface area contributed by atoms with Crippen LogP contribution in [0.2, 0.25) is 0 Å². The molecule has 0 unspecified atom stereocenters. The van der Waals surface area contributed by atoms with Gasteiger partial charge in [-0.15, -0.1) is 0 Å². The molecule has 4 aromatic heterocycles. The number of nitrogens with one attached hydrogen (secondary N) is 3. The molecule has 9 heteroatoms. The molecule has 6 rings (SSSR count). The molecule has 1 aliphatic rings. The Morgan fingerprint density at radius 3 is 2.62 bits per heavy atom. The molecule has 1 amide bonds. The van der Waals surface area contributed by atoms with Crippen molar-refractivity contribution in [3.63, 3.8) is 0 Å². The minimum atomic E-state index is -0.0821. The zero-order valence-electron chi connectivity index (χ0n) is 22.9. The Morgan fingerprint density at radius 1 is 1.00 bits per heavy atom. The number of aromatic nitrogens is 5. The van der Waals surface area contributed by atoms with Crippen LogP contribution in [0, 0.1) is 5.41 Å². The lowest BCUT2D eigenvalue weighted by Crippen LogP contribution is -2.44. The molecule has 200 valence electrons. The van der Waals surface area contributed by atoms with E-state index in [1.807, 2.05) is 30.6 Å². The van der Waals surface area contributed by atoms with Crippen LogP contribution in [-0.4, -0.2) is 69.2 Å². The van der Waals surface area contributed by atoms with Gasteiger partial charge in [0, 0.05) is 67.0 Å². The van der Waals surface area contributed by atoms with Crippen molar-refractivity contribution in [2.45, 2.75) is 27.2 Å². The van der Waals surface area contributed by atoms with Crippen molar-refractivity contribution < 1.29 is 4.79 Å². The number of aromatic amines is 2. The van der Waals surface area contributed by atoms with Crippen LogP contribution in [0.3, 0.4) is 0 Å². The van der Waals surface area contributed by atoms with Gasteiger partial charge in [-0.05, 0) is 48.4 Å². The van der Waals surface area contributed by atoms with E-state index in [1.54, 1.807) is 6.20 Å². The maximum Gasteiger partial charge on any atom is 0.224 e. The summed E-state index contributed by atoms with van der Waals surface area (Å²) in [5, 5.41) is 12.9. The molecule has 5 aromatic rings. The molecular weight excluding hydrogens is 488 g/mol. The highest BCUT2D eigenvalue weighted by molar-refractivity contribution is 6.00. The van der Waals surface area contributed by atoms with Gasteiger partial charge in [-0.3, -0.25) is 14.9 Å². The fourth-order valence-electron chi connectivity index (χ4n) is 5.22. The van der Waals surface area contributed by atoms with Crippen molar-refractivity contribution in [3.8, 4) is 22.5 Å². The highest BCUT2D eigenvalue weighted by Gasteiger charge is 2.20. The third-order valence-electron chi connectivity index (χ3n) is 7.22. The zero-order valence-corrected chi connectivity index (χ0v) is 22.9. The van der Waals surface area contributed by atoms with Crippen LogP contribution in [0.25, 0.3) is 44.5 Å². The zero-order chi connectivity index (χ0) is 27.1. The van der Waals surface area contributed by atoms with Crippen LogP contribution in [0.15, 0.2) is 55.0 Å². The molecular formula is C30H34N8O. The first-order chi connectivity index (χ1) is 18.7. The minimum Gasteiger partial charge on any atom is -0.368 e. The van der Waals surface area contributed by atoms with E-state index in [1.165, 1.54) is 5.69 Å². The predicted molar refractivity (Wildman–Crippen MR) is 157 cm³/mol. The van der Waals surface area contributed by atoms with Crippen LogP contribution in [0.5, 0.6) is 0 Å². The highest BCUT2D eigenvalue weighted by Crippen LogP contribution is 2.34. The summed E-state index contributed by atoms with van der Waals surface area (Å²) >= 11 is 0. The lowest BCUT2D eigenvalue weighted by atomic mass is 9.92. The Kier molecular flexibility index (Phi) is 6.31. The molecule has 3 N–H and O–H groups in total. The fraction of sp³-hybridized carbons (Fsp3) is 0.333. The number of hydrogen-bond acceptors (Lipinski definition) is 6. The number of anilines is 2. The van der Waals surface area contributed by atoms with Crippen molar-refractivity contribution in [3.05, 3.63) is 55.0 Å². The Bertz CT molecular complexity index is 1650. The van der Waals surface area contributed by atoms with Crippen molar-refractivity contribution in [1.82, 2.24) is 30.0 Å². The Morgan fingerprint density at radius 2 is 1.82 bits per heavy atom. The number of amides is 1. The van der Waals surface area contributed by atoms with Crippen molar-refractivity contribution in [2.75, 3.05) is 43.4 Å². The normalized spacial score (nSPS) is 14.8. The van der Waals surface area contributed by atoms with Gasteiger partial charge in [0.1, 0.15) is 11.3 Å². The molecule has 0 radical (unpaired) electrons. The highest BCUT2D eigenvalue weighted by atomic mass is 16.1. The lowest BCUT2D eigenvalue weighted by molar-refractivity contribution is -0.117. The molecule has 0 bridgehead atoms. The number of carbonyl (C=O) groups excluding carboxylic acids is 1. The third-order valence-corrected chi connectivity index (χ3v) is 7.22. The van der Waals surface area contributed by atoms with Gasteiger partial charge in [0.25, 0.3) is 0 Å². The summed E-state index contributed by atoms with van der Waals surface area (Å²) in [4.78, 5) is 29.7. The summed E-state index contributed by atoms with van der Waals surface area (Å²) in [7, 11) is 2.17. The van der Waals surface area contributed by atoms with Crippen molar-refractivity contribution in [2.24, 2.45) is 5.41 Å². The van der Waals surface area contributed by atoms with Crippen LogP contribution in [-0.2, 0) is 4.79 Å². The van der Waals surface area contributed by atoms with E-state index in [0.29, 0.717) is 12.1 Å². The van der Waals surface area contributed by atoms with E-state index in [-0.39, 0.29) is 11.3 Å². The summed E-state index contributed by atoms with van der Waals surface area (Å²) in [6.07, 6.45) is 5.81. The van der Waals surface area contributed by atoms with E-state index in [0.717, 1.165) is 70.6 Å². The van der Waals surface area contributed by atoms with E-state index in [4.69, 9.17) is 0 Å². The quantitative estimate of drug-likeness (QED) is 0.289. The first-order valence-corrected chi connectivity index (χ1v) is 13.4. The van der Waals surface area contributed by atoms with Crippen LogP contribution in [0.1, 0.15) is 27.2 Å². The second-order valence-corrected chi connectivity index (χ2v) is 11.6. The molecule has 0 saturated carbocycles. The molecule has 5 heterocycles. The van der Waals surface area contributed by atoms with Gasteiger partial charge in [0.2, 0.25) is 5.91 Å². The topological polar surface area (TPSA) is 106 Å². The summed E-state index contributed by atoms with van der Waals surface area (Å²) < 4.78 is 0. The van der Waals surface area contributed by atoms with Crippen LogP contribution >= 0.6 is 0 Å². The number of likely N-dealkylation sites (N-methyl/N-ethyl adjacent to an activating group) is 1. The van der Waals surface area contributed by atoms with E-state index >= 15 is 0 Å². The number of benzene rings is 1. The summed E-state index contributed by atoms with van der Waals surface area (Å²) in [6.45, 7) is 10.2. The summed E-state index contributed by atoms with van der Waals surface area (Å²) in [5.41, 5.74) is 7.30. The number of pyridine rings is 2. The second-order valence-electron chi connectivity index (χ2n) is 11.6. The molecule has 0 aliphatic carbocycles. The monoisotopic (exact) mass is 522 g/mol. The summed E-state index contributed by atoms with van der Waals surface area (Å²) in [6, 6.07) is 12.4. The first-order valence-electron chi connectivity index (χ1n) is 13.4. The van der Waals surface area contributed by atoms with Crippen LogP contribution in [0.4, 0.5) is 11.4 Å². The maximum absolute atomic E-state index is 12.5. The summed E-state index contributed by atoms with van der Waals surface area (Å²) in [5.74, 6) is -0.0163. The Balaban J connectivity index is 1.32. The molecule has 1 fully saturated rings. The predicted octanol–water partition coefficient (Wildman–Crippen LogP) is 5.29. The largest absolute Gasteiger partial charge is 0.368 e. The first kappa shape index (κ1) is 25.1. The van der Waals surface area contributed by atoms with Gasteiger partial charge in [-0.2, -0.15) is 5.10 Å². The number of carbonyl (C=O) groups is 1. The van der Waals surface area contributed by atoms with Gasteiger partial charge in [-0.25, -0.2) is 4.98 Å². The van der Waals surface area contributed by atoms with E-state index in [9.17, 15) is 4.79 Å². The molecule has 1 aromatic carbocycles. The molecule has 1 saturated heterocycles. The minimum absolute atomic E-state index is 0.0163. The number of piperazine rings is 1. The van der Waals surface area contributed by atoms with E-state index < -0.39 is 0 Å². The number of hydrogen-bond donors (Lipinski definition) is 3. The average molecular weight is 523 g/mol. The van der Waals surface area contributed by atoms with Crippen LogP contribution < -0.4 is 10.2 Å². The van der Waals surface area contributed by atoms with Crippen molar-refractivity contribution >= 4 is 39.2 Å². The molecule has 1 aliphatic heterocycles. The smallest absolute Gasteiger partial charge is 0.224 e. The Labute approximate surface area is 227 Å². The van der Waals surface area contributed by atoms with E-state index in [2.05, 4.69) is 86.3 Å². The van der Waals surface area contributed by atoms with Gasteiger partial charge in [-0.1, -0.05) is 26.8 Å². The van der Waals surface area contributed by atoms with Gasteiger partial charge in [0.15, 0.2) is 0 Å². The fourth-order valence-corrected chi connectivity index (χ4v) is 5.22. The molecule has 39 heavy (non-hydrogen) atoms. The SMILES string of the molecule is CN1CCN(c2ccnc3[nH]c(-c4n[nH]c5ccc(-c6cncc(NC(=O)CC(C)(C)C)c6)cc45)cc23)CC1. The number of nitrogens with zero attached hydrogens (tertiary/aromatic N) is 5. The Hall–Kier alpha value is -4.24. The standard InChI is InChI=1S/C30H34N8O/c1-30(2,3)16-27(39)33-21-13-20(17-31-18-21)19-5-6-24-22(14-19)28(36-35-24)25-15-23-26(7-8-32-29(23)34-25)38-11-9-37(4)10-12-38/h5-8,13-15,17-18H,9-12,16H2,1-4H3,(H,32,34)(H,33,39)(H,35,36). The molecule has 0 spiro atoms. The van der Waals surface area contributed by atoms with Gasteiger partial charge in [0.05, 0.1) is 23.1 Å². The van der Waals surface area contributed by atoms with Gasteiger partial charge >= 0.3 is 0 Å². The second kappa shape index (κ2) is 9.81. The van der Waals surface area contributed by atoms with Gasteiger partial charge < -0.3 is 20.1 Å². The number of rotatable bonds is 5. The molecule has 9 nitrogen and oxygen atoms in total. The third kappa shape index (κ3) is 5.22.